The number of nitrogens with zero attached hydrogens (tertiary/aromatic N) is 2. The summed E-state index contributed by atoms with van der Waals surface area (Å²) in [6.07, 6.45) is 9.02. The zero-order valence-corrected chi connectivity index (χ0v) is 9.45. The Labute approximate surface area is 91.1 Å². The van der Waals surface area contributed by atoms with Gasteiger partial charge in [0.2, 0.25) is 0 Å². The third-order valence-electron chi connectivity index (χ3n) is 3.42. The molecule has 1 aliphatic rings. The highest BCUT2D eigenvalue weighted by Gasteiger charge is 2.19. The molecule has 1 fully saturated rings. The largest absolute Gasteiger partial charge is 0.396 e. The maximum atomic E-state index is 8.81. The van der Waals surface area contributed by atoms with Gasteiger partial charge in [-0.2, -0.15) is 5.10 Å². The van der Waals surface area contributed by atoms with Crippen LogP contribution in [0.4, 0.5) is 0 Å². The summed E-state index contributed by atoms with van der Waals surface area (Å²) in [4.78, 5) is 0. The molecule has 3 nitrogen and oxygen atoms in total. The number of hydrogen-bond donors (Lipinski definition) is 1. The van der Waals surface area contributed by atoms with E-state index < -0.39 is 0 Å². The Hall–Kier alpha value is -0.830. The lowest BCUT2D eigenvalue weighted by Gasteiger charge is -2.12. The van der Waals surface area contributed by atoms with Gasteiger partial charge in [0.25, 0.3) is 0 Å². The third-order valence-corrected chi connectivity index (χ3v) is 3.42. The molecule has 0 aliphatic heterocycles. The average Bonchev–Trinajstić information content (AvgIpc) is 2.84. The van der Waals surface area contributed by atoms with E-state index in [1.165, 1.54) is 36.9 Å². The first-order valence-corrected chi connectivity index (χ1v) is 5.96. The molecule has 3 heteroatoms. The third kappa shape index (κ3) is 2.23. The highest BCUT2D eigenvalue weighted by atomic mass is 16.2. The predicted molar refractivity (Wildman–Crippen MR) is 59.9 cm³/mol. The molecule has 2 rings (SSSR count). The molecule has 0 atom stereocenters. The van der Waals surface area contributed by atoms with Crippen LogP contribution in [0.25, 0.3) is 0 Å². The maximum Gasteiger partial charge on any atom is 0.0524 e. The van der Waals surface area contributed by atoms with Crippen molar-refractivity contribution >= 4 is 0 Å². The fraction of sp³-hybridized carbons (Fsp3) is 0.750. The molecule has 1 N–H and O–H groups in total. The molecule has 15 heavy (non-hydrogen) atoms. The number of rotatable bonds is 4. The van der Waals surface area contributed by atoms with Crippen molar-refractivity contribution in [3.63, 3.8) is 0 Å². The first kappa shape index (κ1) is 10.7. The number of hydrogen-bond acceptors (Lipinski definition) is 2. The van der Waals surface area contributed by atoms with Crippen LogP contribution in [0.3, 0.4) is 0 Å². The Kier molecular flexibility index (Phi) is 3.41. The zero-order valence-electron chi connectivity index (χ0n) is 9.45. The second-order valence-corrected chi connectivity index (χ2v) is 4.47. The Balaban J connectivity index is 2.08. The van der Waals surface area contributed by atoms with E-state index in [-0.39, 0.29) is 6.61 Å². The molecule has 0 aromatic carbocycles. The molecule has 1 aliphatic carbocycles. The van der Waals surface area contributed by atoms with E-state index in [9.17, 15) is 0 Å². The van der Waals surface area contributed by atoms with E-state index >= 15 is 0 Å². The van der Waals surface area contributed by atoms with Gasteiger partial charge in [0.15, 0.2) is 0 Å². The van der Waals surface area contributed by atoms with Crippen LogP contribution in [-0.4, -0.2) is 21.5 Å². The average molecular weight is 208 g/mol. The van der Waals surface area contributed by atoms with Crippen LogP contribution in [0.5, 0.6) is 0 Å². The summed E-state index contributed by atoms with van der Waals surface area (Å²) in [6.45, 7) is 2.42. The molecule has 1 saturated carbocycles. The van der Waals surface area contributed by atoms with Crippen molar-refractivity contribution in [2.24, 2.45) is 0 Å². The quantitative estimate of drug-likeness (QED) is 0.824. The Bertz CT molecular complexity index is 313. The van der Waals surface area contributed by atoms with Gasteiger partial charge in [0, 0.05) is 12.3 Å². The van der Waals surface area contributed by atoms with Crippen molar-refractivity contribution in [2.45, 2.75) is 51.5 Å². The Morgan fingerprint density at radius 3 is 2.87 bits per heavy atom. The summed E-state index contributed by atoms with van der Waals surface area (Å²) in [5.41, 5.74) is 2.60. The lowest BCUT2D eigenvalue weighted by molar-refractivity contribution is 0.288. The molecule has 0 unspecified atom stereocenters. The number of aryl methyl sites for hydroxylation is 1. The summed E-state index contributed by atoms with van der Waals surface area (Å²) in [6, 6.07) is 0.632. The monoisotopic (exact) mass is 208 g/mol. The first-order valence-electron chi connectivity index (χ1n) is 5.96. The number of aliphatic hydroxyl groups excluding tert-OH is 1. The number of aliphatic hydroxyl groups is 1. The normalized spacial score (nSPS) is 17.5. The molecule has 0 bridgehead atoms. The van der Waals surface area contributed by atoms with Crippen LogP contribution in [0.2, 0.25) is 0 Å². The van der Waals surface area contributed by atoms with Crippen LogP contribution < -0.4 is 0 Å². The van der Waals surface area contributed by atoms with Crippen LogP contribution in [0.1, 0.15) is 49.4 Å². The van der Waals surface area contributed by atoms with Gasteiger partial charge < -0.3 is 5.11 Å². The fourth-order valence-corrected chi connectivity index (χ4v) is 2.49. The van der Waals surface area contributed by atoms with Crippen LogP contribution in [0, 0.1) is 6.92 Å². The van der Waals surface area contributed by atoms with Gasteiger partial charge in [0.05, 0.1) is 12.2 Å². The molecule has 84 valence electrons. The molecule has 0 amide bonds. The highest BCUT2D eigenvalue weighted by molar-refractivity contribution is 5.17. The van der Waals surface area contributed by atoms with Crippen molar-refractivity contribution in [2.75, 3.05) is 6.61 Å². The summed E-state index contributed by atoms with van der Waals surface area (Å²) < 4.78 is 2.19. The van der Waals surface area contributed by atoms with Crippen molar-refractivity contribution in [1.82, 2.24) is 9.78 Å². The van der Waals surface area contributed by atoms with Crippen LogP contribution in [0.15, 0.2) is 6.20 Å². The highest BCUT2D eigenvalue weighted by Crippen LogP contribution is 2.30. The fourth-order valence-electron chi connectivity index (χ4n) is 2.49. The molecule has 0 saturated heterocycles. The zero-order chi connectivity index (χ0) is 10.7. The molecular weight excluding hydrogens is 188 g/mol. The van der Waals surface area contributed by atoms with E-state index in [1.54, 1.807) is 0 Å². The molecule has 1 aromatic rings. The van der Waals surface area contributed by atoms with E-state index in [1.807, 2.05) is 6.20 Å². The van der Waals surface area contributed by atoms with Crippen molar-refractivity contribution in [3.8, 4) is 0 Å². The van der Waals surface area contributed by atoms with Crippen molar-refractivity contribution < 1.29 is 5.11 Å². The molecule has 1 heterocycles. The van der Waals surface area contributed by atoms with E-state index in [0.29, 0.717) is 6.04 Å². The standard InChI is InChI=1S/C12H20N2O/c1-10-11(5-4-8-15)9-13-14(10)12-6-2-3-7-12/h9,12,15H,2-8H2,1H3. The smallest absolute Gasteiger partial charge is 0.0524 e. The first-order chi connectivity index (χ1) is 7.33. The summed E-state index contributed by atoms with van der Waals surface area (Å²) in [7, 11) is 0. The number of aromatic nitrogens is 2. The maximum absolute atomic E-state index is 8.81. The minimum atomic E-state index is 0.272. The van der Waals surface area contributed by atoms with Gasteiger partial charge in [-0.1, -0.05) is 12.8 Å². The van der Waals surface area contributed by atoms with E-state index in [0.717, 1.165) is 12.8 Å². The minimum Gasteiger partial charge on any atom is -0.396 e. The summed E-state index contributed by atoms with van der Waals surface area (Å²) in [5, 5.41) is 13.3. The summed E-state index contributed by atoms with van der Waals surface area (Å²) in [5.74, 6) is 0. The van der Waals surface area contributed by atoms with Gasteiger partial charge in [0.1, 0.15) is 0 Å². The Morgan fingerprint density at radius 2 is 2.20 bits per heavy atom. The van der Waals surface area contributed by atoms with E-state index in [2.05, 4.69) is 16.7 Å². The van der Waals surface area contributed by atoms with Crippen molar-refractivity contribution in [1.29, 1.82) is 0 Å². The second-order valence-electron chi connectivity index (χ2n) is 4.47. The van der Waals surface area contributed by atoms with Gasteiger partial charge >= 0.3 is 0 Å². The topological polar surface area (TPSA) is 38.1 Å². The minimum absolute atomic E-state index is 0.272. The Morgan fingerprint density at radius 1 is 1.47 bits per heavy atom. The van der Waals surface area contributed by atoms with Crippen LogP contribution >= 0.6 is 0 Å². The van der Waals surface area contributed by atoms with Crippen LogP contribution in [-0.2, 0) is 6.42 Å². The lowest BCUT2D eigenvalue weighted by Crippen LogP contribution is -2.08. The van der Waals surface area contributed by atoms with Crippen molar-refractivity contribution in [3.05, 3.63) is 17.5 Å². The lowest BCUT2D eigenvalue weighted by atomic mass is 10.1. The summed E-state index contributed by atoms with van der Waals surface area (Å²) >= 11 is 0. The molecule has 0 spiro atoms. The molecule has 0 radical (unpaired) electrons. The van der Waals surface area contributed by atoms with E-state index in [4.69, 9.17) is 5.11 Å². The SMILES string of the molecule is Cc1c(CCCO)cnn1C1CCCC1. The predicted octanol–water partition coefficient (Wildman–Crippen LogP) is 2.23. The molecular formula is C12H20N2O. The van der Waals surface area contributed by atoms with Gasteiger partial charge in [-0.3, -0.25) is 4.68 Å². The second kappa shape index (κ2) is 4.79. The van der Waals surface area contributed by atoms with Gasteiger partial charge in [-0.25, -0.2) is 0 Å². The molecule has 1 aromatic heterocycles. The van der Waals surface area contributed by atoms with Gasteiger partial charge in [-0.05, 0) is 38.2 Å². The van der Waals surface area contributed by atoms with Gasteiger partial charge in [-0.15, -0.1) is 0 Å².